The molecule has 1 aromatic carbocycles. The van der Waals surface area contributed by atoms with E-state index in [4.69, 9.17) is 4.42 Å². The van der Waals surface area contributed by atoms with E-state index in [-0.39, 0.29) is 24.0 Å². The lowest BCUT2D eigenvalue weighted by atomic mass is 10.2. The van der Waals surface area contributed by atoms with Crippen molar-refractivity contribution in [3.63, 3.8) is 0 Å². The number of benzene rings is 1. The topological polar surface area (TPSA) is 65.7 Å². The summed E-state index contributed by atoms with van der Waals surface area (Å²) in [5.41, 5.74) is 2.24. The van der Waals surface area contributed by atoms with E-state index in [2.05, 4.69) is 56.8 Å². The van der Waals surface area contributed by atoms with Gasteiger partial charge < -0.3 is 20.0 Å². The molecule has 1 heterocycles. The third kappa shape index (κ3) is 7.43. The number of nitrogens with one attached hydrogen (secondary N) is 2. The molecule has 7 heteroatoms. The molecular weight excluding hydrogens is 429 g/mol. The van der Waals surface area contributed by atoms with Crippen LogP contribution in [0.15, 0.2) is 39.7 Å². The monoisotopic (exact) mass is 457 g/mol. The minimum Gasteiger partial charge on any atom is -0.444 e. The fraction of sp³-hybridized carbons (Fsp3) is 0.444. The van der Waals surface area contributed by atoms with Crippen LogP contribution in [-0.4, -0.2) is 43.0 Å². The van der Waals surface area contributed by atoms with E-state index in [1.165, 1.54) is 5.56 Å². The molecule has 25 heavy (non-hydrogen) atoms. The van der Waals surface area contributed by atoms with Crippen molar-refractivity contribution in [1.29, 1.82) is 0 Å². The van der Waals surface area contributed by atoms with Gasteiger partial charge in [-0.25, -0.2) is 4.98 Å². The van der Waals surface area contributed by atoms with Gasteiger partial charge >= 0.3 is 0 Å². The zero-order chi connectivity index (χ0) is 17.4. The van der Waals surface area contributed by atoms with Gasteiger partial charge in [-0.3, -0.25) is 4.99 Å². The predicted molar refractivity (Wildman–Crippen MR) is 112 cm³/mol. The SMILES string of the molecule is CN=C(NCCN(C)Cc1ccccc1)NCc1nc(C)c(C)o1.I. The molecule has 0 aliphatic heterocycles. The van der Waals surface area contributed by atoms with Crippen LogP contribution in [-0.2, 0) is 13.1 Å². The van der Waals surface area contributed by atoms with E-state index >= 15 is 0 Å². The first-order valence-corrected chi connectivity index (χ1v) is 8.18. The first-order valence-electron chi connectivity index (χ1n) is 8.18. The predicted octanol–water partition coefficient (Wildman–Crippen LogP) is 2.71. The van der Waals surface area contributed by atoms with Gasteiger partial charge in [-0.1, -0.05) is 30.3 Å². The molecule has 1 aromatic heterocycles. The molecule has 0 aliphatic carbocycles. The molecule has 6 nitrogen and oxygen atoms in total. The summed E-state index contributed by atoms with van der Waals surface area (Å²) in [5, 5.41) is 6.52. The minimum absolute atomic E-state index is 0. The van der Waals surface area contributed by atoms with Crippen molar-refractivity contribution in [2.45, 2.75) is 26.9 Å². The highest BCUT2D eigenvalue weighted by atomic mass is 127. The number of aliphatic imine (C=N–C) groups is 1. The number of nitrogens with zero attached hydrogens (tertiary/aromatic N) is 3. The Morgan fingerprint density at radius 3 is 2.52 bits per heavy atom. The largest absolute Gasteiger partial charge is 0.444 e. The average molecular weight is 457 g/mol. The third-order valence-corrected chi connectivity index (χ3v) is 3.78. The van der Waals surface area contributed by atoms with Gasteiger partial charge in [0, 0.05) is 26.7 Å². The molecule has 0 saturated heterocycles. The van der Waals surface area contributed by atoms with Crippen molar-refractivity contribution in [2.24, 2.45) is 4.99 Å². The fourth-order valence-electron chi connectivity index (χ4n) is 2.33. The summed E-state index contributed by atoms with van der Waals surface area (Å²) in [6.45, 7) is 7.05. The standard InChI is InChI=1S/C18H27N5O.HI/c1-14-15(2)24-17(22-14)12-21-18(19-3)20-10-11-23(4)13-16-8-6-5-7-9-16;/h5-9H,10-13H2,1-4H3,(H2,19,20,21);1H. The van der Waals surface area contributed by atoms with E-state index in [9.17, 15) is 0 Å². The maximum Gasteiger partial charge on any atom is 0.214 e. The second-order valence-corrected chi connectivity index (χ2v) is 5.83. The summed E-state index contributed by atoms with van der Waals surface area (Å²) in [5.74, 6) is 2.28. The summed E-state index contributed by atoms with van der Waals surface area (Å²) in [6, 6.07) is 10.5. The minimum atomic E-state index is 0. The summed E-state index contributed by atoms with van der Waals surface area (Å²) < 4.78 is 5.55. The molecule has 0 bridgehead atoms. The summed E-state index contributed by atoms with van der Waals surface area (Å²) >= 11 is 0. The molecule has 2 aromatic rings. The van der Waals surface area contributed by atoms with E-state index in [1.807, 2.05) is 19.9 Å². The average Bonchev–Trinajstić information content (AvgIpc) is 2.90. The Morgan fingerprint density at radius 1 is 1.20 bits per heavy atom. The summed E-state index contributed by atoms with van der Waals surface area (Å²) in [4.78, 5) is 10.8. The third-order valence-electron chi connectivity index (χ3n) is 3.78. The number of rotatable bonds is 7. The van der Waals surface area contributed by atoms with Crippen LogP contribution in [0.3, 0.4) is 0 Å². The van der Waals surface area contributed by atoms with Crippen molar-refractivity contribution in [2.75, 3.05) is 27.2 Å². The smallest absolute Gasteiger partial charge is 0.214 e. The number of guanidine groups is 1. The van der Waals surface area contributed by atoms with Crippen LogP contribution in [0.2, 0.25) is 0 Å². The normalized spacial score (nSPS) is 11.3. The molecular formula is C18H28IN5O. The molecule has 0 radical (unpaired) electrons. The Kier molecular flexibility index (Phi) is 9.51. The lowest BCUT2D eigenvalue weighted by Gasteiger charge is -2.18. The van der Waals surface area contributed by atoms with Gasteiger partial charge in [-0.15, -0.1) is 24.0 Å². The molecule has 0 saturated carbocycles. The highest BCUT2D eigenvalue weighted by Crippen LogP contribution is 2.07. The molecule has 2 rings (SSSR count). The van der Waals surface area contributed by atoms with Gasteiger partial charge in [-0.05, 0) is 26.5 Å². The fourth-order valence-corrected chi connectivity index (χ4v) is 2.33. The van der Waals surface area contributed by atoms with Crippen LogP contribution >= 0.6 is 24.0 Å². The Balaban J connectivity index is 0.00000312. The van der Waals surface area contributed by atoms with Crippen molar-refractivity contribution in [3.05, 3.63) is 53.2 Å². The van der Waals surface area contributed by atoms with Gasteiger partial charge in [0.25, 0.3) is 0 Å². The lowest BCUT2D eigenvalue weighted by Crippen LogP contribution is -2.40. The Morgan fingerprint density at radius 2 is 1.92 bits per heavy atom. The van der Waals surface area contributed by atoms with Gasteiger partial charge in [0.15, 0.2) is 5.96 Å². The zero-order valence-corrected chi connectivity index (χ0v) is 17.7. The summed E-state index contributed by atoms with van der Waals surface area (Å²) in [7, 11) is 3.87. The lowest BCUT2D eigenvalue weighted by molar-refractivity contribution is 0.331. The number of aromatic nitrogens is 1. The van der Waals surface area contributed by atoms with E-state index < -0.39 is 0 Å². The van der Waals surface area contributed by atoms with Crippen LogP contribution in [0, 0.1) is 13.8 Å². The highest BCUT2D eigenvalue weighted by Gasteiger charge is 2.06. The Hall–Kier alpha value is -1.61. The number of aryl methyl sites for hydroxylation is 2. The van der Waals surface area contributed by atoms with Gasteiger partial charge in [0.2, 0.25) is 5.89 Å². The van der Waals surface area contributed by atoms with E-state index in [0.29, 0.717) is 12.4 Å². The first kappa shape index (κ1) is 21.4. The molecule has 0 spiro atoms. The molecule has 2 N–H and O–H groups in total. The molecule has 138 valence electrons. The first-order chi connectivity index (χ1) is 11.6. The van der Waals surface area contributed by atoms with Crippen molar-refractivity contribution < 1.29 is 4.42 Å². The quantitative estimate of drug-likeness (QED) is 0.380. The Bertz CT molecular complexity index is 637. The number of hydrogen-bond donors (Lipinski definition) is 2. The van der Waals surface area contributed by atoms with Crippen LogP contribution in [0.1, 0.15) is 22.9 Å². The maximum atomic E-state index is 5.55. The number of likely N-dealkylation sites (N-methyl/N-ethyl adjacent to an activating group) is 1. The highest BCUT2D eigenvalue weighted by molar-refractivity contribution is 14.0. The molecule has 0 unspecified atom stereocenters. The van der Waals surface area contributed by atoms with Gasteiger partial charge in [0.05, 0.1) is 12.2 Å². The second-order valence-electron chi connectivity index (χ2n) is 5.83. The van der Waals surface area contributed by atoms with Gasteiger partial charge in [-0.2, -0.15) is 0 Å². The van der Waals surface area contributed by atoms with E-state index in [0.717, 1.165) is 37.0 Å². The van der Waals surface area contributed by atoms with E-state index in [1.54, 1.807) is 7.05 Å². The molecule has 0 fully saturated rings. The Labute approximate surface area is 167 Å². The number of hydrogen-bond acceptors (Lipinski definition) is 4. The van der Waals surface area contributed by atoms with Gasteiger partial charge in [0.1, 0.15) is 5.76 Å². The maximum absolute atomic E-state index is 5.55. The van der Waals surface area contributed by atoms with Crippen molar-refractivity contribution in [3.8, 4) is 0 Å². The van der Waals surface area contributed by atoms with Crippen molar-refractivity contribution >= 4 is 29.9 Å². The molecule has 0 aliphatic rings. The number of oxazole rings is 1. The molecule has 0 amide bonds. The zero-order valence-electron chi connectivity index (χ0n) is 15.4. The van der Waals surface area contributed by atoms with Crippen LogP contribution in [0.25, 0.3) is 0 Å². The number of halogens is 1. The summed E-state index contributed by atoms with van der Waals surface area (Å²) in [6.07, 6.45) is 0. The van der Waals surface area contributed by atoms with Crippen LogP contribution < -0.4 is 10.6 Å². The second kappa shape index (κ2) is 11.1. The van der Waals surface area contributed by atoms with Crippen LogP contribution in [0.4, 0.5) is 0 Å². The van der Waals surface area contributed by atoms with Crippen LogP contribution in [0.5, 0.6) is 0 Å². The van der Waals surface area contributed by atoms with Crippen molar-refractivity contribution in [1.82, 2.24) is 20.5 Å². The molecule has 0 atom stereocenters.